The van der Waals surface area contributed by atoms with Crippen LogP contribution in [-0.2, 0) is 4.79 Å². The zero-order valence-electron chi connectivity index (χ0n) is 10.9. The van der Waals surface area contributed by atoms with Crippen LogP contribution in [0.25, 0.3) is 0 Å². The number of rotatable bonds is 5. The van der Waals surface area contributed by atoms with Crippen LogP contribution in [-0.4, -0.2) is 52.9 Å². The molecule has 0 spiro atoms. The second-order valence-corrected chi connectivity index (χ2v) is 5.11. The lowest BCUT2D eigenvalue weighted by atomic mass is 9.95. The molecule has 0 bridgehead atoms. The van der Waals surface area contributed by atoms with Crippen LogP contribution in [0.2, 0.25) is 0 Å². The van der Waals surface area contributed by atoms with Crippen molar-refractivity contribution >= 4 is 12.0 Å². The highest BCUT2D eigenvalue weighted by Gasteiger charge is 2.27. The predicted molar refractivity (Wildman–Crippen MR) is 66.2 cm³/mol. The number of carboxylic acid groups (broad SMARTS) is 1. The number of carboxylic acids is 1. The number of carbonyl (C=O) groups is 2. The maximum absolute atomic E-state index is 11.8. The Morgan fingerprint density at radius 2 is 2.11 bits per heavy atom. The van der Waals surface area contributed by atoms with E-state index in [1.54, 1.807) is 4.90 Å². The molecular formula is C12H22N2O4. The van der Waals surface area contributed by atoms with Gasteiger partial charge in [0.05, 0.1) is 0 Å². The minimum absolute atomic E-state index is 0.0303. The molecule has 2 amide bonds. The molecule has 18 heavy (non-hydrogen) atoms. The van der Waals surface area contributed by atoms with E-state index in [0.29, 0.717) is 11.8 Å². The first-order valence-electron chi connectivity index (χ1n) is 6.35. The number of hydrogen-bond donors (Lipinski definition) is 3. The van der Waals surface area contributed by atoms with Crippen molar-refractivity contribution in [3.05, 3.63) is 0 Å². The summed E-state index contributed by atoms with van der Waals surface area (Å²) < 4.78 is 0. The average Bonchev–Trinajstić information content (AvgIpc) is 2.77. The van der Waals surface area contributed by atoms with Gasteiger partial charge in [-0.2, -0.15) is 0 Å². The van der Waals surface area contributed by atoms with Gasteiger partial charge in [-0.15, -0.1) is 0 Å². The van der Waals surface area contributed by atoms with Crippen LogP contribution in [0.3, 0.4) is 0 Å². The van der Waals surface area contributed by atoms with Gasteiger partial charge < -0.3 is 20.4 Å². The molecule has 0 saturated carbocycles. The molecule has 0 aliphatic carbocycles. The number of hydrogen-bond acceptors (Lipinski definition) is 3. The molecule has 2 atom stereocenters. The normalized spacial score (nSPS) is 21.1. The summed E-state index contributed by atoms with van der Waals surface area (Å²) in [6.07, 6.45) is -0.363. The third kappa shape index (κ3) is 4.18. The van der Waals surface area contributed by atoms with Gasteiger partial charge in [-0.3, -0.25) is 0 Å². The van der Waals surface area contributed by atoms with Crippen molar-refractivity contribution in [2.45, 2.75) is 32.8 Å². The van der Waals surface area contributed by atoms with E-state index in [2.05, 4.69) is 19.2 Å². The number of aliphatic carboxylic acids is 1. The second kappa shape index (κ2) is 6.58. The van der Waals surface area contributed by atoms with Crippen molar-refractivity contribution in [2.75, 3.05) is 19.6 Å². The highest BCUT2D eigenvalue weighted by molar-refractivity contribution is 5.75. The van der Waals surface area contributed by atoms with Gasteiger partial charge in [-0.1, -0.05) is 13.8 Å². The molecule has 3 N–H and O–H groups in total. The first-order chi connectivity index (χ1) is 8.41. The molecule has 1 aliphatic heterocycles. The lowest BCUT2D eigenvalue weighted by molar-refractivity contribution is -0.146. The lowest BCUT2D eigenvalue weighted by Gasteiger charge is -2.19. The molecule has 6 nitrogen and oxygen atoms in total. The minimum atomic E-state index is -1.41. The number of likely N-dealkylation sites (tertiary alicyclic amines) is 1. The Bertz CT molecular complexity index is 306. The van der Waals surface area contributed by atoms with Crippen molar-refractivity contribution in [3.63, 3.8) is 0 Å². The Labute approximate surface area is 107 Å². The molecule has 1 aliphatic rings. The molecule has 6 heteroatoms. The maximum atomic E-state index is 11.8. The molecule has 0 radical (unpaired) electrons. The monoisotopic (exact) mass is 258 g/mol. The van der Waals surface area contributed by atoms with Crippen LogP contribution in [0.15, 0.2) is 0 Å². The Morgan fingerprint density at radius 3 is 2.61 bits per heavy atom. The van der Waals surface area contributed by atoms with Crippen molar-refractivity contribution < 1.29 is 19.8 Å². The predicted octanol–water partition coefficient (Wildman–Crippen LogP) is 0.509. The third-order valence-electron chi connectivity index (χ3n) is 3.43. The fourth-order valence-electron chi connectivity index (χ4n) is 2.07. The fourth-order valence-corrected chi connectivity index (χ4v) is 2.07. The van der Waals surface area contributed by atoms with Crippen LogP contribution in [0.4, 0.5) is 4.79 Å². The molecule has 0 aromatic carbocycles. The van der Waals surface area contributed by atoms with E-state index in [4.69, 9.17) is 10.2 Å². The Morgan fingerprint density at radius 1 is 1.44 bits per heavy atom. The summed E-state index contributed by atoms with van der Waals surface area (Å²) in [5, 5.41) is 20.2. The molecule has 0 aromatic heterocycles. The first-order valence-corrected chi connectivity index (χ1v) is 6.35. The number of carbonyl (C=O) groups excluding carboxylic acids is 1. The van der Waals surface area contributed by atoms with Gasteiger partial charge in [0.15, 0.2) is 6.10 Å². The van der Waals surface area contributed by atoms with Crippen LogP contribution >= 0.6 is 0 Å². The van der Waals surface area contributed by atoms with E-state index in [9.17, 15) is 9.59 Å². The summed E-state index contributed by atoms with van der Waals surface area (Å²) in [7, 11) is 0. The average molecular weight is 258 g/mol. The number of nitrogens with zero attached hydrogens (tertiary/aromatic N) is 1. The Balaban J connectivity index is 2.24. The van der Waals surface area contributed by atoms with Crippen molar-refractivity contribution in [3.8, 4) is 0 Å². The smallest absolute Gasteiger partial charge is 0.332 e. The zero-order valence-corrected chi connectivity index (χ0v) is 10.9. The van der Waals surface area contributed by atoms with Crippen molar-refractivity contribution in [1.29, 1.82) is 0 Å². The van der Waals surface area contributed by atoms with Gasteiger partial charge in [0.2, 0.25) is 0 Å². The summed E-state index contributed by atoms with van der Waals surface area (Å²) >= 11 is 0. The molecule has 1 saturated heterocycles. The molecule has 1 heterocycles. The van der Waals surface area contributed by atoms with E-state index in [-0.39, 0.29) is 19.0 Å². The fraction of sp³-hybridized carbons (Fsp3) is 0.833. The van der Waals surface area contributed by atoms with E-state index in [0.717, 1.165) is 19.5 Å². The van der Waals surface area contributed by atoms with Gasteiger partial charge in [0.1, 0.15) is 0 Å². The number of aliphatic hydroxyl groups is 1. The number of nitrogens with one attached hydrogen (secondary N) is 1. The molecule has 1 rings (SSSR count). The summed E-state index contributed by atoms with van der Waals surface area (Å²) in [6.45, 7) is 5.97. The summed E-state index contributed by atoms with van der Waals surface area (Å²) in [5.74, 6) is -0.151. The largest absolute Gasteiger partial charge is 0.479 e. The van der Waals surface area contributed by atoms with E-state index in [1.807, 2.05) is 0 Å². The van der Waals surface area contributed by atoms with E-state index < -0.39 is 12.1 Å². The second-order valence-electron chi connectivity index (χ2n) is 5.11. The van der Waals surface area contributed by atoms with Gasteiger partial charge in [0.25, 0.3) is 0 Å². The number of urea groups is 1. The zero-order chi connectivity index (χ0) is 13.7. The van der Waals surface area contributed by atoms with Gasteiger partial charge >= 0.3 is 12.0 Å². The highest BCUT2D eigenvalue weighted by atomic mass is 16.4. The topological polar surface area (TPSA) is 89.9 Å². The molecule has 2 unspecified atom stereocenters. The Hall–Kier alpha value is -1.30. The molecule has 0 aromatic rings. The van der Waals surface area contributed by atoms with Crippen LogP contribution in [0, 0.1) is 11.8 Å². The number of amides is 2. The SMILES string of the molecule is CC(C)C1CCN(C(=O)NCCC(O)C(=O)O)C1. The third-order valence-corrected chi connectivity index (χ3v) is 3.43. The van der Waals surface area contributed by atoms with Gasteiger partial charge in [-0.25, -0.2) is 9.59 Å². The standard InChI is InChI=1S/C12H22N2O4/c1-8(2)9-4-6-14(7-9)12(18)13-5-3-10(15)11(16)17/h8-10,15H,3-7H2,1-2H3,(H,13,18)(H,16,17). The molecular weight excluding hydrogens is 236 g/mol. The minimum Gasteiger partial charge on any atom is -0.479 e. The van der Waals surface area contributed by atoms with Crippen LogP contribution in [0.1, 0.15) is 26.7 Å². The van der Waals surface area contributed by atoms with Crippen LogP contribution in [0.5, 0.6) is 0 Å². The quantitative estimate of drug-likeness (QED) is 0.670. The maximum Gasteiger partial charge on any atom is 0.332 e. The van der Waals surface area contributed by atoms with Crippen molar-refractivity contribution in [1.82, 2.24) is 10.2 Å². The van der Waals surface area contributed by atoms with Gasteiger partial charge in [0, 0.05) is 26.1 Å². The van der Waals surface area contributed by atoms with E-state index in [1.165, 1.54) is 0 Å². The van der Waals surface area contributed by atoms with Crippen LogP contribution < -0.4 is 5.32 Å². The molecule has 104 valence electrons. The summed E-state index contributed by atoms with van der Waals surface area (Å²) in [6, 6.07) is -0.171. The van der Waals surface area contributed by atoms with E-state index >= 15 is 0 Å². The highest BCUT2D eigenvalue weighted by Crippen LogP contribution is 2.23. The summed E-state index contributed by atoms with van der Waals surface area (Å²) in [5.41, 5.74) is 0. The number of aliphatic hydroxyl groups excluding tert-OH is 1. The lowest BCUT2D eigenvalue weighted by Crippen LogP contribution is -2.40. The van der Waals surface area contributed by atoms with Gasteiger partial charge in [-0.05, 0) is 18.3 Å². The van der Waals surface area contributed by atoms with Crippen molar-refractivity contribution in [2.24, 2.45) is 11.8 Å². The molecule has 1 fully saturated rings. The first kappa shape index (κ1) is 14.8. The summed E-state index contributed by atoms with van der Waals surface area (Å²) in [4.78, 5) is 23.9. The Kier molecular flexibility index (Phi) is 5.40.